The number of rotatable bonds is 3. The van der Waals surface area contributed by atoms with Crippen LogP contribution in [0, 0.1) is 5.92 Å². The zero-order valence-electron chi connectivity index (χ0n) is 9.74. The number of amides is 1. The van der Waals surface area contributed by atoms with Gasteiger partial charge in [0.15, 0.2) is 0 Å². The summed E-state index contributed by atoms with van der Waals surface area (Å²) in [5, 5.41) is 11.4. The zero-order chi connectivity index (χ0) is 12.6. The summed E-state index contributed by atoms with van der Waals surface area (Å²) in [6.45, 7) is 8.69. The lowest BCUT2D eigenvalue weighted by Gasteiger charge is -2.22. The number of carboxylic acid groups (broad SMARTS) is 1. The first-order valence-electron chi connectivity index (χ1n) is 5.08. The molecule has 1 saturated carbocycles. The molecule has 16 heavy (non-hydrogen) atoms. The number of aliphatic carboxylic acids is 1. The molecule has 90 valence electrons. The van der Waals surface area contributed by atoms with Crippen LogP contribution in [0.5, 0.6) is 0 Å². The molecule has 0 aromatic carbocycles. The number of hydrogen-bond donors (Lipinski definition) is 2. The van der Waals surface area contributed by atoms with Gasteiger partial charge in [0.25, 0.3) is 0 Å². The Morgan fingerprint density at radius 2 is 2.12 bits per heavy atom. The molecule has 0 saturated heterocycles. The van der Waals surface area contributed by atoms with Crippen LogP contribution < -0.4 is 5.32 Å². The minimum Gasteiger partial charge on any atom is -0.479 e. The monoisotopic (exact) mass is 227 g/mol. The highest BCUT2D eigenvalue weighted by molar-refractivity contribution is 5.88. The number of hydrogen-bond acceptors (Lipinski definition) is 3. The molecule has 0 unspecified atom stereocenters. The standard InChI is InChI=1S/C11H17NO4/c1-5-7-6-11(7,8(13)14)12-9(15)16-10(2,3)4/h5,7H,1,6H2,2-4H3,(H,12,15)(H,13,14)/t7-,11+/m1/s1. The summed E-state index contributed by atoms with van der Waals surface area (Å²) in [6.07, 6.45) is 1.19. The molecule has 0 spiro atoms. The van der Waals surface area contributed by atoms with Crippen LogP contribution >= 0.6 is 0 Å². The van der Waals surface area contributed by atoms with Crippen molar-refractivity contribution < 1.29 is 19.4 Å². The van der Waals surface area contributed by atoms with Gasteiger partial charge in [-0.15, -0.1) is 6.58 Å². The third-order valence-electron chi connectivity index (χ3n) is 2.40. The molecule has 0 aromatic heterocycles. The molecular weight excluding hydrogens is 210 g/mol. The molecule has 0 aromatic rings. The number of carbonyl (C=O) groups is 2. The van der Waals surface area contributed by atoms with E-state index in [0.717, 1.165) is 0 Å². The Bertz CT molecular complexity index is 331. The lowest BCUT2D eigenvalue weighted by molar-refractivity contribution is -0.141. The van der Waals surface area contributed by atoms with Gasteiger partial charge in [0.05, 0.1) is 0 Å². The summed E-state index contributed by atoms with van der Waals surface area (Å²) in [6, 6.07) is 0. The highest BCUT2D eigenvalue weighted by Crippen LogP contribution is 2.44. The first kappa shape index (κ1) is 12.5. The molecule has 1 rings (SSSR count). The molecule has 0 aliphatic heterocycles. The number of nitrogens with one attached hydrogen (secondary N) is 1. The molecular formula is C11H17NO4. The average molecular weight is 227 g/mol. The van der Waals surface area contributed by atoms with Crippen LogP contribution in [0.25, 0.3) is 0 Å². The van der Waals surface area contributed by atoms with Crippen molar-refractivity contribution >= 4 is 12.1 Å². The first-order chi connectivity index (χ1) is 7.21. The van der Waals surface area contributed by atoms with Gasteiger partial charge in [-0.2, -0.15) is 0 Å². The fourth-order valence-corrected chi connectivity index (χ4v) is 1.50. The van der Waals surface area contributed by atoms with Gasteiger partial charge < -0.3 is 15.2 Å². The predicted octanol–water partition coefficient (Wildman–Crippen LogP) is 1.54. The largest absolute Gasteiger partial charge is 0.479 e. The second kappa shape index (κ2) is 3.81. The van der Waals surface area contributed by atoms with Crippen molar-refractivity contribution in [2.45, 2.75) is 38.3 Å². The maximum absolute atomic E-state index is 11.4. The van der Waals surface area contributed by atoms with Crippen molar-refractivity contribution in [3.05, 3.63) is 12.7 Å². The van der Waals surface area contributed by atoms with Crippen molar-refractivity contribution in [1.82, 2.24) is 5.32 Å². The fraction of sp³-hybridized carbons (Fsp3) is 0.636. The van der Waals surface area contributed by atoms with Gasteiger partial charge in [-0.3, -0.25) is 0 Å². The van der Waals surface area contributed by atoms with E-state index < -0.39 is 23.2 Å². The van der Waals surface area contributed by atoms with E-state index in [-0.39, 0.29) is 5.92 Å². The first-order valence-corrected chi connectivity index (χ1v) is 5.08. The van der Waals surface area contributed by atoms with E-state index in [1.165, 1.54) is 6.08 Å². The van der Waals surface area contributed by atoms with Crippen LogP contribution in [0.2, 0.25) is 0 Å². The van der Waals surface area contributed by atoms with E-state index >= 15 is 0 Å². The van der Waals surface area contributed by atoms with Gasteiger partial charge in [-0.1, -0.05) is 6.08 Å². The van der Waals surface area contributed by atoms with E-state index in [0.29, 0.717) is 6.42 Å². The Labute approximate surface area is 94.5 Å². The van der Waals surface area contributed by atoms with Gasteiger partial charge >= 0.3 is 12.1 Å². The normalized spacial score (nSPS) is 28.1. The zero-order valence-corrected chi connectivity index (χ0v) is 9.74. The van der Waals surface area contributed by atoms with Crippen molar-refractivity contribution in [2.24, 2.45) is 5.92 Å². The third-order valence-corrected chi connectivity index (χ3v) is 2.40. The average Bonchev–Trinajstić information content (AvgIpc) is 2.76. The Hall–Kier alpha value is -1.52. The highest BCUT2D eigenvalue weighted by atomic mass is 16.6. The van der Waals surface area contributed by atoms with Gasteiger partial charge in [-0.25, -0.2) is 9.59 Å². The molecule has 0 radical (unpaired) electrons. The van der Waals surface area contributed by atoms with Crippen LogP contribution in [-0.2, 0) is 9.53 Å². The number of carbonyl (C=O) groups excluding carboxylic acids is 1. The molecule has 0 bridgehead atoms. The molecule has 2 atom stereocenters. The number of ether oxygens (including phenoxy) is 1. The highest BCUT2D eigenvalue weighted by Gasteiger charge is 2.60. The summed E-state index contributed by atoms with van der Waals surface area (Å²) in [4.78, 5) is 22.5. The van der Waals surface area contributed by atoms with Gasteiger partial charge in [0, 0.05) is 5.92 Å². The molecule has 1 aliphatic carbocycles. The second-order valence-electron chi connectivity index (χ2n) is 4.95. The van der Waals surface area contributed by atoms with Crippen molar-refractivity contribution in [3.8, 4) is 0 Å². The number of alkyl carbamates (subject to hydrolysis) is 1. The van der Waals surface area contributed by atoms with Gasteiger partial charge in [-0.05, 0) is 27.2 Å². The summed E-state index contributed by atoms with van der Waals surface area (Å²) in [5.74, 6) is -1.28. The van der Waals surface area contributed by atoms with Crippen molar-refractivity contribution in [2.75, 3.05) is 0 Å². The lowest BCUT2D eigenvalue weighted by atomic mass is 10.2. The van der Waals surface area contributed by atoms with Crippen LogP contribution in [0.4, 0.5) is 4.79 Å². The molecule has 1 amide bonds. The van der Waals surface area contributed by atoms with Gasteiger partial charge in [0.1, 0.15) is 11.1 Å². The summed E-state index contributed by atoms with van der Waals surface area (Å²) < 4.78 is 5.01. The summed E-state index contributed by atoms with van der Waals surface area (Å²) >= 11 is 0. The van der Waals surface area contributed by atoms with E-state index in [9.17, 15) is 9.59 Å². The quantitative estimate of drug-likeness (QED) is 0.717. The maximum Gasteiger partial charge on any atom is 0.408 e. The van der Waals surface area contributed by atoms with Crippen molar-refractivity contribution in [3.63, 3.8) is 0 Å². The smallest absolute Gasteiger partial charge is 0.408 e. The van der Waals surface area contributed by atoms with Crippen molar-refractivity contribution in [1.29, 1.82) is 0 Å². The van der Waals surface area contributed by atoms with E-state index in [1.807, 2.05) is 0 Å². The van der Waals surface area contributed by atoms with Crippen LogP contribution in [0.15, 0.2) is 12.7 Å². The fourth-order valence-electron chi connectivity index (χ4n) is 1.50. The van der Waals surface area contributed by atoms with Crippen LogP contribution in [0.3, 0.4) is 0 Å². The predicted molar refractivity (Wildman–Crippen MR) is 58.0 cm³/mol. The lowest BCUT2D eigenvalue weighted by Crippen LogP contribution is -2.46. The topological polar surface area (TPSA) is 75.6 Å². The molecule has 1 fully saturated rings. The molecule has 1 aliphatic rings. The Morgan fingerprint density at radius 3 is 2.44 bits per heavy atom. The minimum absolute atomic E-state index is 0.225. The Kier molecular flexibility index (Phi) is 2.99. The molecule has 2 N–H and O–H groups in total. The minimum atomic E-state index is -1.22. The summed E-state index contributed by atoms with van der Waals surface area (Å²) in [5.41, 5.74) is -1.85. The Morgan fingerprint density at radius 1 is 1.56 bits per heavy atom. The third kappa shape index (κ3) is 2.53. The van der Waals surface area contributed by atoms with Crippen LogP contribution in [0.1, 0.15) is 27.2 Å². The SMILES string of the molecule is C=C[C@@H]1C[C@@]1(NC(=O)OC(C)(C)C)C(=O)O. The molecule has 5 heteroatoms. The molecule has 0 heterocycles. The van der Waals surface area contributed by atoms with E-state index in [1.54, 1.807) is 20.8 Å². The second-order valence-corrected chi connectivity index (χ2v) is 4.95. The number of carboxylic acids is 1. The van der Waals surface area contributed by atoms with Crippen LogP contribution in [-0.4, -0.2) is 28.3 Å². The van der Waals surface area contributed by atoms with E-state index in [2.05, 4.69) is 11.9 Å². The maximum atomic E-state index is 11.4. The van der Waals surface area contributed by atoms with Gasteiger partial charge in [0.2, 0.25) is 0 Å². The summed E-state index contributed by atoms with van der Waals surface area (Å²) in [7, 11) is 0. The molecule has 5 nitrogen and oxygen atoms in total. The van der Waals surface area contributed by atoms with E-state index in [4.69, 9.17) is 9.84 Å². The Balaban J connectivity index is 2.63.